The van der Waals surface area contributed by atoms with E-state index in [1.807, 2.05) is 53.1 Å². The Hall–Kier alpha value is -2.91. The monoisotopic (exact) mass is 508 g/mol. The molecule has 0 aliphatic carbocycles. The number of ether oxygens (including phenoxy) is 1. The minimum atomic E-state index is -0.375. The number of rotatable bonds is 5. The number of amides is 2. The minimum Gasteiger partial charge on any atom is -0.378 e. The van der Waals surface area contributed by atoms with Crippen molar-refractivity contribution in [3.63, 3.8) is 0 Å². The van der Waals surface area contributed by atoms with Crippen molar-refractivity contribution >= 4 is 45.3 Å². The highest BCUT2D eigenvalue weighted by Crippen LogP contribution is 2.35. The largest absolute Gasteiger partial charge is 0.378 e. The maximum absolute atomic E-state index is 13.8. The summed E-state index contributed by atoms with van der Waals surface area (Å²) in [4.78, 5) is 47.8. The summed E-state index contributed by atoms with van der Waals surface area (Å²) < 4.78 is 7.15. The predicted molar refractivity (Wildman–Crippen MR) is 141 cm³/mol. The molecule has 2 amide bonds. The van der Waals surface area contributed by atoms with E-state index in [4.69, 9.17) is 9.72 Å². The summed E-state index contributed by atoms with van der Waals surface area (Å²) in [6.45, 7) is 7.49. The highest BCUT2D eigenvalue weighted by molar-refractivity contribution is 8.00. The van der Waals surface area contributed by atoms with E-state index in [9.17, 15) is 14.4 Å². The quantitative estimate of drug-likeness (QED) is 0.299. The fourth-order valence-corrected chi connectivity index (χ4v) is 6.63. The van der Waals surface area contributed by atoms with Crippen LogP contribution in [0.2, 0.25) is 0 Å². The average Bonchev–Trinajstić information content (AvgIpc) is 2.91. The van der Waals surface area contributed by atoms with E-state index in [2.05, 4.69) is 0 Å². The van der Waals surface area contributed by atoms with Crippen molar-refractivity contribution in [1.82, 2.24) is 19.4 Å². The molecule has 0 bridgehead atoms. The number of benzene rings is 2. The highest BCUT2D eigenvalue weighted by atomic mass is 32.2. The third-order valence-electron chi connectivity index (χ3n) is 7.31. The number of likely N-dealkylation sites (tertiary alicyclic amines) is 1. The molecule has 2 fully saturated rings. The van der Waals surface area contributed by atoms with Crippen LogP contribution in [0, 0.1) is 5.92 Å². The van der Waals surface area contributed by atoms with E-state index >= 15 is 0 Å². The van der Waals surface area contributed by atoms with E-state index < -0.39 is 0 Å². The first-order chi connectivity index (χ1) is 17.5. The lowest BCUT2D eigenvalue weighted by Crippen LogP contribution is -2.49. The van der Waals surface area contributed by atoms with Crippen LogP contribution in [-0.2, 0) is 20.9 Å². The molecule has 2 aromatic carbocycles. The van der Waals surface area contributed by atoms with Gasteiger partial charge in [0.1, 0.15) is 0 Å². The lowest BCUT2D eigenvalue weighted by atomic mass is 9.92. The van der Waals surface area contributed by atoms with Crippen LogP contribution in [0.1, 0.15) is 26.7 Å². The number of aromatic nitrogens is 2. The van der Waals surface area contributed by atoms with E-state index in [1.54, 1.807) is 11.5 Å². The number of carbonyl (C=O) groups is 2. The van der Waals surface area contributed by atoms with Gasteiger partial charge in [0.2, 0.25) is 11.8 Å². The van der Waals surface area contributed by atoms with Crippen molar-refractivity contribution < 1.29 is 14.3 Å². The van der Waals surface area contributed by atoms with Crippen LogP contribution in [0.4, 0.5) is 0 Å². The van der Waals surface area contributed by atoms with Crippen molar-refractivity contribution in [2.24, 2.45) is 5.92 Å². The van der Waals surface area contributed by atoms with Gasteiger partial charge in [0.05, 0.1) is 29.4 Å². The Balaban J connectivity index is 1.53. The van der Waals surface area contributed by atoms with Gasteiger partial charge in [0.15, 0.2) is 5.16 Å². The van der Waals surface area contributed by atoms with Gasteiger partial charge in [-0.15, -0.1) is 0 Å². The zero-order chi connectivity index (χ0) is 25.2. The van der Waals surface area contributed by atoms with Crippen molar-refractivity contribution in [3.05, 3.63) is 46.8 Å². The molecule has 1 atom stereocenters. The molecule has 3 heterocycles. The number of carbonyl (C=O) groups excluding carboxylic acids is 2. The van der Waals surface area contributed by atoms with Gasteiger partial charge in [0.25, 0.3) is 5.56 Å². The first kappa shape index (κ1) is 24.8. The Morgan fingerprint density at radius 2 is 1.72 bits per heavy atom. The van der Waals surface area contributed by atoms with Crippen LogP contribution >= 0.6 is 11.8 Å². The Morgan fingerprint density at radius 1 is 1.06 bits per heavy atom. The van der Waals surface area contributed by atoms with Gasteiger partial charge in [-0.1, -0.05) is 36.0 Å². The lowest BCUT2D eigenvalue weighted by Gasteiger charge is -2.37. The fourth-order valence-electron chi connectivity index (χ4n) is 5.20. The minimum absolute atomic E-state index is 0.0695. The van der Waals surface area contributed by atoms with Gasteiger partial charge < -0.3 is 14.5 Å². The zero-order valence-corrected chi connectivity index (χ0v) is 21.6. The summed E-state index contributed by atoms with van der Waals surface area (Å²) in [7, 11) is 0. The molecule has 5 rings (SSSR count). The van der Waals surface area contributed by atoms with Crippen molar-refractivity contribution in [2.75, 3.05) is 39.4 Å². The van der Waals surface area contributed by atoms with Gasteiger partial charge in [-0.25, -0.2) is 4.98 Å². The molecule has 0 spiro atoms. The average molecular weight is 509 g/mol. The van der Waals surface area contributed by atoms with Gasteiger partial charge in [-0.2, -0.15) is 0 Å². The van der Waals surface area contributed by atoms with Gasteiger partial charge >= 0.3 is 0 Å². The maximum atomic E-state index is 13.8. The zero-order valence-electron chi connectivity index (χ0n) is 20.8. The lowest BCUT2D eigenvalue weighted by molar-refractivity contribution is -0.136. The smallest absolute Gasteiger partial charge is 0.262 e. The van der Waals surface area contributed by atoms with Crippen molar-refractivity contribution in [2.45, 2.75) is 43.6 Å². The van der Waals surface area contributed by atoms with Crippen LogP contribution in [-0.4, -0.2) is 75.8 Å². The molecule has 36 heavy (non-hydrogen) atoms. The number of nitrogens with zero attached hydrogens (tertiary/aromatic N) is 4. The third kappa shape index (κ3) is 4.86. The molecule has 1 aromatic heterocycles. The second-order valence-electron chi connectivity index (χ2n) is 9.48. The number of hydrogen-bond acceptors (Lipinski definition) is 6. The van der Waals surface area contributed by atoms with Crippen molar-refractivity contribution in [3.8, 4) is 0 Å². The van der Waals surface area contributed by atoms with Crippen LogP contribution < -0.4 is 5.56 Å². The Kier molecular flexibility index (Phi) is 7.29. The van der Waals surface area contributed by atoms with Gasteiger partial charge in [-0.05, 0) is 48.6 Å². The normalized spacial score (nSPS) is 18.1. The summed E-state index contributed by atoms with van der Waals surface area (Å²) in [5.74, 6) is 0.232. The Labute approximate surface area is 214 Å². The van der Waals surface area contributed by atoms with E-state index in [0.717, 1.165) is 23.6 Å². The van der Waals surface area contributed by atoms with Gasteiger partial charge in [-0.3, -0.25) is 19.0 Å². The molecular weight excluding hydrogens is 476 g/mol. The Bertz CT molecular complexity index is 1340. The summed E-state index contributed by atoms with van der Waals surface area (Å²) in [6, 6.07) is 11.8. The molecule has 9 heteroatoms. The second-order valence-corrected chi connectivity index (χ2v) is 10.6. The molecule has 1 unspecified atom stereocenters. The van der Waals surface area contributed by atoms with Crippen LogP contribution in [0.15, 0.2) is 46.3 Å². The molecule has 0 N–H and O–H groups in total. The predicted octanol–water partition coefficient (Wildman–Crippen LogP) is 3.15. The molecule has 190 valence electrons. The topological polar surface area (TPSA) is 84.7 Å². The first-order valence-electron chi connectivity index (χ1n) is 12.7. The van der Waals surface area contributed by atoms with E-state index in [0.29, 0.717) is 62.0 Å². The Morgan fingerprint density at radius 3 is 2.36 bits per heavy atom. The molecule has 3 aromatic rings. The summed E-state index contributed by atoms with van der Waals surface area (Å²) in [5.41, 5.74) is 0.564. The number of fused-ring (bicyclic) bond motifs is 2. The molecule has 0 saturated carbocycles. The molecule has 2 saturated heterocycles. The number of thioether (sulfide) groups is 1. The van der Waals surface area contributed by atoms with Crippen LogP contribution in [0.3, 0.4) is 0 Å². The third-order valence-corrected chi connectivity index (χ3v) is 8.68. The number of piperidine rings is 1. The first-order valence-corrected chi connectivity index (χ1v) is 13.6. The molecule has 2 aliphatic rings. The van der Waals surface area contributed by atoms with Crippen molar-refractivity contribution in [1.29, 1.82) is 0 Å². The van der Waals surface area contributed by atoms with Crippen LogP contribution in [0.5, 0.6) is 0 Å². The summed E-state index contributed by atoms with van der Waals surface area (Å²) >= 11 is 1.41. The molecule has 8 nitrogen and oxygen atoms in total. The maximum Gasteiger partial charge on any atom is 0.262 e. The van der Waals surface area contributed by atoms with E-state index in [1.165, 1.54) is 11.8 Å². The highest BCUT2D eigenvalue weighted by Gasteiger charge is 2.37. The van der Waals surface area contributed by atoms with Gasteiger partial charge in [0, 0.05) is 39.6 Å². The second kappa shape index (κ2) is 10.6. The summed E-state index contributed by atoms with van der Waals surface area (Å²) in [5, 5.41) is 2.82. The van der Waals surface area contributed by atoms with E-state index in [-0.39, 0.29) is 28.5 Å². The number of hydrogen-bond donors (Lipinski definition) is 0. The number of morpholine rings is 1. The molecule has 0 radical (unpaired) electrons. The fraction of sp³-hybridized carbons (Fsp3) is 0.481. The van der Waals surface area contributed by atoms with Crippen LogP contribution in [0.25, 0.3) is 21.7 Å². The molecule has 2 aliphatic heterocycles. The molecular formula is C27H32N4O4S. The summed E-state index contributed by atoms with van der Waals surface area (Å²) in [6.07, 6.45) is 1.50. The standard InChI is InChI=1S/C27H32N4O4S/c1-3-31-25(33)22-16-20-6-4-5-7-21(20)17-23(22)28-27(31)36-24(26(34)30-12-14-35-15-13-30)19-8-10-29(11-9-19)18(2)32/h4-7,16-17,19,24H,3,8-15H2,1-2H3. The SMILES string of the molecule is CCn1c(SC(C(=O)N2CCOCC2)C2CCN(C(C)=O)CC2)nc2cc3ccccc3cc2c1=O.